The van der Waals surface area contributed by atoms with Gasteiger partial charge in [-0.3, -0.25) is 14.5 Å². The molecule has 0 saturated heterocycles. The fourth-order valence-corrected chi connectivity index (χ4v) is 5.01. The highest BCUT2D eigenvalue weighted by Gasteiger charge is 2.35. The molecule has 1 aliphatic carbocycles. The molecule has 5 rings (SSSR count). The van der Waals surface area contributed by atoms with Crippen LogP contribution in [0, 0.1) is 11.6 Å². The first-order chi connectivity index (χ1) is 18.5. The van der Waals surface area contributed by atoms with Gasteiger partial charge in [0.1, 0.15) is 23.4 Å². The molecule has 4 aromatic rings. The van der Waals surface area contributed by atoms with Gasteiger partial charge < -0.3 is 10.3 Å². The predicted molar refractivity (Wildman–Crippen MR) is 144 cm³/mol. The van der Waals surface area contributed by atoms with Crippen molar-refractivity contribution in [3.63, 3.8) is 0 Å². The van der Waals surface area contributed by atoms with E-state index < -0.39 is 23.6 Å². The molecule has 38 heavy (non-hydrogen) atoms. The lowest BCUT2D eigenvalue weighted by Gasteiger charge is -2.33. The third kappa shape index (κ3) is 5.67. The van der Waals surface area contributed by atoms with E-state index in [1.54, 1.807) is 12.1 Å². The molecule has 1 fully saturated rings. The van der Waals surface area contributed by atoms with Crippen molar-refractivity contribution in [1.82, 2.24) is 10.3 Å². The fourth-order valence-electron chi connectivity index (χ4n) is 5.01. The molecule has 1 atom stereocenters. The van der Waals surface area contributed by atoms with Crippen LogP contribution in [0.2, 0.25) is 0 Å². The molecule has 0 unspecified atom stereocenters. The topological polar surface area (TPSA) is 65.2 Å². The van der Waals surface area contributed by atoms with Crippen molar-refractivity contribution in [2.45, 2.75) is 44.2 Å². The number of hydrogen-bond donors (Lipinski definition) is 2. The molecule has 0 radical (unpaired) electrons. The number of benzene rings is 3. The van der Waals surface area contributed by atoms with Gasteiger partial charge in [0.2, 0.25) is 5.91 Å². The highest BCUT2D eigenvalue weighted by Crippen LogP contribution is 2.31. The van der Waals surface area contributed by atoms with Crippen LogP contribution in [-0.2, 0) is 4.79 Å². The summed E-state index contributed by atoms with van der Waals surface area (Å²) >= 11 is 0. The third-order valence-electron chi connectivity index (χ3n) is 6.97. The lowest BCUT2D eigenvalue weighted by molar-refractivity contribution is -0.123. The van der Waals surface area contributed by atoms with Gasteiger partial charge in [-0.25, -0.2) is 8.78 Å². The maximum Gasteiger partial charge on any atom is 0.275 e. The summed E-state index contributed by atoms with van der Waals surface area (Å²) in [6, 6.07) is 22.9. The second kappa shape index (κ2) is 11.4. The first-order valence-corrected chi connectivity index (χ1v) is 12.9. The minimum atomic E-state index is -1.10. The quantitative estimate of drug-likeness (QED) is 0.286. The van der Waals surface area contributed by atoms with E-state index in [-0.39, 0.29) is 17.6 Å². The second-order valence-electron chi connectivity index (χ2n) is 9.60. The van der Waals surface area contributed by atoms with E-state index in [9.17, 15) is 18.4 Å². The zero-order valence-corrected chi connectivity index (χ0v) is 20.9. The van der Waals surface area contributed by atoms with E-state index in [1.807, 2.05) is 30.3 Å². The molecule has 1 heterocycles. The Morgan fingerprint density at radius 3 is 2.08 bits per heavy atom. The monoisotopic (exact) mass is 513 g/mol. The molecule has 2 N–H and O–H groups in total. The number of amides is 2. The number of nitrogens with zero attached hydrogens (tertiary/aromatic N) is 1. The first-order valence-electron chi connectivity index (χ1n) is 12.9. The molecule has 1 saturated carbocycles. The fraction of sp³-hybridized carbons (Fsp3) is 0.226. The van der Waals surface area contributed by atoms with Crippen molar-refractivity contribution in [1.29, 1.82) is 0 Å². The van der Waals surface area contributed by atoms with E-state index in [1.165, 1.54) is 53.4 Å². The molecule has 194 valence electrons. The molecule has 1 aliphatic rings. The Morgan fingerprint density at radius 1 is 0.789 bits per heavy atom. The van der Waals surface area contributed by atoms with Crippen LogP contribution in [0.5, 0.6) is 0 Å². The molecular formula is C31H29F2N3O2. The van der Waals surface area contributed by atoms with Gasteiger partial charge in [-0.1, -0.05) is 61.7 Å². The lowest BCUT2D eigenvalue weighted by atomic mass is 9.94. The minimum Gasteiger partial charge on any atom is -0.351 e. The van der Waals surface area contributed by atoms with Crippen LogP contribution < -0.4 is 10.2 Å². The Kier molecular flexibility index (Phi) is 7.63. The van der Waals surface area contributed by atoms with Gasteiger partial charge in [0.05, 0.1) is 0 Å². The number of carbonyl (C=O) groups is 2. The normalized spacial score (nSPS) is 14.6. The number of rotatable bonds is 7. The summed E-state index contributed by atoms with van der Waals surface area (Å²) < 4.78 is 27.7. The van der Waals surface area contributed by atoms with Crippen molar-refractivity contribution in [3.8, 4) is 11.3 Å². The number of aromatic nitrogens is 1. The highest BCUT2D eigenvalue weighted by molar-refractivity contribution is 6.09. The number of hydrogen-bond acceptors (Lipinski definition) is 2. The Labute approximate surface area is 220 Å². The predicted octanol–water partition coefficient (Wildman–Crippen LogP) is 6.80. The van der Waals surface area contributed by atoms with Crippen molar-refractivity contribution in [2.75, 3.05) is 4.90 Å². The molecule has 1 aromatic heterocycles. The number of anilines is 1. The van der Waals surface area contributed by atoms with Gasteiger partial charge in [-0.05, 0) is 72.5 Å². The van der Waals surface area contributed by atoms with E-state index >= 15 is 0 Å². The van der Waals surface area contributed by atoms with Crippen LogP contribution in [0.3, 0.4) is 0 Å². The Hall–Kier alpha value is -4.26. The summed E-state index contributed by atoms with van der Waals surface area (Å²) in [7, 11) is 0. The molecule has 0 spiro atoms. The van der Waals surface area contributed by atoms with Crippen LogP contribution in [0.25, 0.3) is 11.3 Å². The van der Waals surface area contributed by atoms with Gasteiger partial charge >= 0.3 is 0 Å². The smallest absolute Gasteiger partial charge is 0.275 e. The van der Waals surface area contributed by atoms with Crippen molar-refractivity contribution in [2.24, 2.45) is 0 Å². The van der Waals surface area contributed by atoms with E-state index in [0.29, 0.717) is 11.3 Å². The lowest BCUT2D eigenvalue weighted by Crippen LogP contribution is -2.47. The second-order valence-corrected chi connectivity index (χ2v) is 9.60. The van der Waals surface area contributed by atoms with Gasteiger partial charge in [0.15, 0.2) is 0 Å². The van der Waals surface area contributed by atoms with Gasteiger partial charge in [-0.15, -0.1) is 0 Å². The van der Waals surface area contributed by atoms with Crippen LogP contribution >= 0.6 is 0 Å². The van der Waals surface area contributed by atoms with Crippen LogP contribution in [0.15, 0.2) is 91.0 Å². The van der Waals surface area contributed by atoms with E-state index in [2.05, 4.69) is 10.3 Å². The number of halogens is 2. The van der Waals surface area contributed by atoms with Crippen molar-refractivity contribution in [3.05, 3.63) is 114 Å². The van der Waals surface area contributed by atoms with E-state index in [0.717, 1.165) is 43.4 Å². The van der Waals surface area contributed by atoms with Crippen LogP contribution in [0.4, 0.5) is 14.5 Å². The number of carbonyl (C=O) groups excluding carboxylic acids is 2. The van der Waals surface area contributed by atoms with Gasteiger partial charge in [0, 0.05) is 17.4 Å². The first kappa shape index (κ1) is 25.4. The zero-order valence-electron chi connectivity index (χ0n) is 20.9. The molecule has 5 nitrogen and oxygen atoms in total. The summed E-state index contributed by atoms with van der Waals surface area (Å²) in [5, 5.41) is 3.12. The third-order valence-corrected chi connectivity index (χ3v) is 6.97. The zero-order chi connectivity index (χ0) is 26.5. The summed E-state index contributed by atoms with van der Waals surface area (Å²) in [5.74, 6) is -1.74. The average Bonchev–Trinajstić information content (AvgIpc) is 3.44. The van der Waals surface area contributed by atoms with Crippen molar-refractivity contribution < 1.29 is 18.4 Å². The van der Waals surface area contributed by atoms with Crippen molar-refractivity contribution >= 4 is 17.5 Å². The SMILES string of the molecule is O=C(NC1CCCCC1)[C@H](c1ccc(F)cc1)N(C(=O)c1ccc(-c2ccccc2)[nH]1)c1ccc(F)cc1. The molecule has 0 aliphatic heterocycles. The Bertz CT molecular complexity index is 1380. The maximum atomic E-state index is 14.1. The van der Waals surface area contributed by atoms with Gasteiger partial charge in [-0.2, -0.15) is 0 Å². The maximum absolute atomic E-state index is 14.1. The molecule has 3 aromatic carbocycles. The molecule has 7 heteroatoms. The highest BCUT2D eigenvalue weighted by atomic mass is 19.1. The number of aromatic amines is 1. The standard InChI is InChI=1S/C31H29F2N3O2/c32-23-13-11-22(12-14-23)29(30(37)34-25-9-5-2-6-10-25)36(26-17-15-24(33)16-18-26)31(38)28-20-19-27(35-28)21-7-3-1-4-8-21/h1,3-4,7-8,11-20,25,29,35H,2,5-6,9-10H2,(H,34,37)/t29-/m0/s1. The number of H-pyrrole nitrogens is 1. The Balaban J connectivity index is 1.57. The largest absolute Gasteiger partial charge is 0.351 e. The van der Waals surface area contributed by atoms with Crippen LogP contribution in [0.1, 0.15) is 54.2 Å². The molecular weight excluding hydrogens is 484 g/mol. The number of nitrogens with one attached hydrogen (secondary N) is 2. The summed E-state index contributed by atoms with van der Waals surface area (Å²) in [6.45, 7) is 0. The van der Waals surface area contributed by atoms with Crippen LogP contribution in [-0.4, -0.2) is 22.8 Å². The summed E-state index contributed by atoms with van der Waals surface area (Å²) in [6.07, 6.45) is 4.91. The molecule has 2 amide bonds. The summed E-state index contributed by atoms with van der Waals surface area (Å²) in [5.41, 5.74) is 2.72. The average molecular weight is 514 g/mol. The van der Waals surface area contributed by atoms with Gasteiger partial charge in [0.25, 0.3) is 5.91 Å². The minimum absolute atomic E-state index is 0.000427. The Morgan fingerprint density at radius 2 is 1.42 bits per heavy atom. The summed E-state index contributed by atoms with van der Waals surface area (Å²) in [4.78, 5) is 32.5. The molecule has 0 bridgehead atoms. The van der Waals surface area contributed by atoms with E-state index in [4.69, 9.17) is 0 Å².